The minimum absolute atomic E-state index is 0.129. The largest absolute Gasteiger partial charge is 0.497 e. The maximum Gasteiger partial charge on any atom is 0.251 e. The summed E-state index contributed by atoms with van der Waals surface area (Å²) in [5.41, 5.74) is 2.23. The van der Waals surface area contributed by atoms with Gasteiger partial charge >= 0.3 is 0 Å². The number of anilines is 4. The molecule has 0 aliphatic rings. The maximum atomic E-state index is 12.1. The number of aromatic nitrogens is 3. The summed E-state index contributed by atoms with van der Waals surface area (Å²) < 4.78 is 32.8. The Morgan fingerprint density at radius 2 is 1.28 bits per heavy atom. The second kappa shape index (κ2) is 18.6. The lowest BCUT2D eigenvalue weighted by molar-refractivity contribution is 0.0519. The van der Waals surface area contributed by atoms with Crippen molar-refractivity contribution in [3.05, 3.63) is 77.9 Å². The van der Waals surface area contributed by atoms with E-state index in [1.54, 1.807) is 58.8 Å². The van der Waals surface area contributed by atoms with Gasteiger partial charge < -0.3 is 49.7 Å². The molecule has 1 amide bonds. The van der Waals surface area contributed by atoms with Crippen LogP contribution >= 0.6 is 0 Å². The molecule has 0 saturated heterocycles. The molecule has 0 saturated carbocycles. The van der Waals surface area contributed by atoms with Crippen LogP contribution < -0.4 is 40.2 Å². The Kier molecular flexibility index (Phi) is 13.7. The first-order chi connectivity index (χ1) is 23.0. The zero-order valence-corrected chi connectivity index (χ0v) is 27.0. The summed E-state index contributed by atoms with van der Waals surface area (Å²) in [7, 11) is 6.36. The molecular weight excluding hydrogens is 606 g/mol. The van der Waals surface area contributed by atoms with Crippen molar-refractivity contribution >= 4 is 29.4 Å². The molecule has 0 atom stereocenters. The molecule has 3 aromatic carbocycles. The second-order valence-corrected chi connectivity index (χ2v) is 9.85. The molecule has 0 fully saturated rings. The van der Waals surface area contributed by atoms with Crippen molar-refractivity contribution < 1.29 is 33.2 Å². The Bertz CT molecular complexity index is 1540. The number of nitrogens with one attached hydrogen (secondary N) is 4. The summed E-state index contributed by atoms with van der Waals surface area (Å²) in [4.78, 5) is 25.7. The van der Waals surface area contributed by atoms with Crippen LogP contribution in [0.4, 0.5) is 23.5 Å². The maximum absolute atomic E-state index is 12.1. The number of hydrogen-bond donors (Lipinski definition) is 4. The normalized spacial score (nSPS) is 10.6. The summed E-state index contributed by atoms with van der Waals surface area (Å²) in [5, 5.41) is 12.5. The van der Waals surface area contributed by atoms with Gasteiger partial charge in [-0.2, -0.15) is 15.0 Å². The number of amides is 1. The Morgan fingerprint density at radius 1 is 0.638 bits per heavy atom. The van der Waals surface area contributed by atoms with Gasteiger partial charge in [0.2, 0.25) is 17.8 Å². The number of carbonyl (C=O) groups excluding carboxylic acids is 1. The fourth-order valence-electron chi connectivity index (χ4n) is 4.27. The second-order valence-electron chi connectivity index (χ2n) is 9.85. The lowest BCUT2D eigenvalue weighted by Gasteiger charge is -2.14. The number of carbonyl (C=O) groups is 1. The van der Waals surface area contributed by atoms with Gasteiger partial charge in [0.1, 0.15) is 11.5 Å². The molecular formula is C33H41N7O7. The van der Waals surface area contributed by atoms with Gasteiger partial charge in [0.05, 0.1) is 54.9 Å². The molecule has 4 rings (SSSR count). The van der Waals surface area contributed by atoms with Crippen LogP contribution in [0.2, 0.25) is 0 Å². The zero-order chi connectivity index (χ0) is 33.3. The molecule has 14 heteroatoms. The molecule has 250 valence electrons. The first kappa shape index (κ1) is 34.5. The van der Waals surface area contributed by atoms with E-state index in [1.807, 2.05) is 36.4 Å². The molecule has 4 aromatic rings. The number of hydrogen-bond acceptors (Lipinski definition) is 13. The van der Waals surface area contributed by atoms with Gasteiger partial charge in [-0.1, -0.05) is 18.2 Å². The highest BCUT2D eigenvalue weighted by Gasteiger charge is 2.11. The SMILES string of the molecule is COc1cc(CNc2nc(NCCOCCOCCNC(=O)c3ccccc3)nc(Nc3ccc(OC)c(OC)c3)n2)cc(OC)c1. The van der Waals surface area contributed by atoms with Gasteiger partial charge in [0.25, 0.3) is 5.91 Å². The van der Waals surface area contributed by atoms with Crippen LogP contribution in [0, 0.1) is 0 Å². The standard InChI is InChI=1S/C33H41N7O7/c1-42-26-18-23(19-27(21-26)43-2)22-36-32-38-31(39-33(40-32)37-25-10-11-28(44-3)29(20-25)45-4)35-13-15-47-17-16-46-14-12-34-30(41)24-8-6-5-7-9-24/h5-11,18-21H,12-17,22H2,1-4H3,(H,34,41)(H3,35,36,37,38,39,40). The third-order valence-corrected chi connectivity index (χ3v) is 6.61. The number of rotatable bonds is 20. The van der Waals surface area contributed by atoms with E-state index in [0.29, 0.717) is 98.2 Å². The van der Waals surface area contributed by atoms with Gasteiger partial charge in [-0.3, -0.25) is 4.79 Å². The molecule has 1 heterocycles. The van der Waals surface area contributed by atoms with Gasteiger partial charge in [0, 0.05) is 43.0 Å². The molecule has 0 unspecified atom stereocenters. The molecule has 0 radical (unpaired) electrons. The molecule has 4 N–H and O–H groups in total. The summed E-state index contributed by atoms with van der Waals surface area (Å²) >= 11 is 0. The lowest BCUT2D eigenvalue weighted by atomic mass is 10.2. The van der Waals surface area contributed by atoms with Crippen LogP contribution in [-0.2, 0) is 16.0 Å². The van der Waals surface area contributed by atoms with Crippen LogP contribution in [-0.4, -0.2) is 88.8 Å². The minimum atomic E-state index is -0.129. The van der Waals surface area contributed by atoms with E-state index in [1.165, 1.54) is 0 Å². The molecule has 0 bridgehead atoms. The molecule has 47 heavy (non-hydrogen) atoms. The predicted octanol–water partition coefficient (Wildman–Crippen LogP) is 4.14. The summed E-state index contributed by atoms with van der Waals surface area (Å²) in [6, 6.07) is 20.1. The monoisotopic (exact) mass is 647 g/mol. The van der Waals surface area contributed by atoms with Gasteiger partial charge in [-0.05, 0) is 42.0 Å². The van der Waals surface area contributed by atoms with E-state index in [-0.39, 0.29) is 5.91 Å². The predicted molar refractivity (Wildman–Crippen MR) is 178 cm³/mol. The fraction of sp³-hybridized carbons (Fsp3) is 0.333. The van der Waals surface area contributed by atoms with Gasteiger partial charge in [0.15, 0.2) is 11.5 Å². The van der Waals surface area contributed by atoms with Crippen molar-refractivity contribution in [1.29, 1.82) is 0 Å². The molecule has 0 aliphatic heterocycles. The Morgan fingerprint density at radius 3 is 1.94 bits per heavy atom. The number of methoxy groups -OCH3 is 4. The van der Waals surface area contributed by atoms with Crippen LogP contribution in [0.5, 0.6) is 23.0 Å². The van der Waals surface area contributed by atoms with Gasteiger partial charge in [-0.25, -0.2) is 0 Å². The van der Waals surface area contributed by atoms with Crippen molar-refractivity contribution in [2.45, 2.75) is 6.54 Å². The number of nitrogens with zero attached hydrogens (tertiary/aromatic N) is 3. The third-order valence-electron chi connectivity index (χ3n) is 6.61. The van der Waals surface area contributed by atoms with E-state index in [4.69, 9.17) is 28.4 Å². The van der Waals surface area contributed by atoms with Crippen LogP contribution in [0.1, 0.15) is 15.9 Å². The minimum Gasteiger partial charge on any atom is -0.497 e. The fourth-order valence-corrected chi connectivity index (χ4v) is 4.27. The smallest absolute Gasteiger partial charge is 0.251 e. The van der Waals surface area contributed by atoms with Crippen molar-refractivity contribution in [3.63, 3.8) is 0 Å². The number of benzene rings is 3. The third kappa shape index (κ3) is 11.2. The van der Waals surface area contributed by atoms with E-state index < -0.39 is 0 Å². The number of ether oxygens (including phenoxy) is 6. The quantitative estimate of drug-likeness (QED) is 0.102. The van der Waals surface area contributed by atoms with E-state index in [9.17, 15) is 4.79 Å². The average Bonchev–Trinajstić information content (AvgIpc) is 3.11. The van der Waals surface area contributed by atoms with Gasteiger partial charge in [-0.15, -0.1) is 0 Å². The topological polar surface area (TPSA) is 159 Å². The van der Waals surface area contributed by atoms with Crippen LogP contribution in [0.3, 0.4) is 0 Å². The summed E-state index contributed by atoms with van der Waals surface area (Å²) in [6.45, 7) is 2.84. The Balaban J connectivity index is 1.29. The highest BCUT2D eigenvalue weighted by molar-refractivity contribution is 5.94. The van der Waals surface area contributed by atoms with Crippen molar-refractivity contribution in [2.75, 3.05) is 83.9 Å². The Hall–Kier alpha value is -5.34. The lowest BCUT2D eigenvalue weighted by Crippen LogP contribution is -2.27. The molecule has 0 spiro atoms. The average molecular weight is 648 g/mol. The first-order valence-electron chi connectivity index (χ1n) is 14.9. The molecule has 14 nitrogen and oxygen atoms in total. The molecule has 1 aromatic heterocycles. The van der Waals surface area contributed by atoms with E-state index in [2.05, 4.69) is 36.2 Å². The highest BCUT2D eigenvalue weighted by atomic mass is 16.5. The summed E-state index contributed by atoms with van der Waals surface area (Å²) in [5.74, 6) is 3.40. The highest BCUT2D eigenvalue weighted by Crippen LogP contribution is 2.31. The van der Waals surface area contributed by atoms with Crippen LogP contribution in [0.25, 0.3) is 0 Å². The summed E-state index contributed by atoms with van der Waals surface area (Å²) in [6.07, 6.45) is 0. The van der Waals surface area contributed by atoms with Crippen molar-refractivity contribution in [3.8, 4) is 23.0 Å². The van der Waals surface area contributed by atoms with Crippen molar-refractivity contribution in [1.82, 2.24) is 20.3 Å². The Labute approximate surface area is 274 Å². The molecule has 0 aliphatic carbocycles. The van der Waals surface area contributed by atoms with Crippen LogP contribution in [0.15, 0.2) is 66.7 Å². The zero-order valence-electron chi connectivity index (χ0n) is 27.0. The first-order valence-corrected chi connectivity index (χ1v) is 14.9. The van der Waals surface area contributed by atoms with Crippen molar-refractivity contribution in [2.24, 2.45) is 0 Å². The van der Waals surface area contributed by atoms with E-state index >= 15 is 0 Å². The van der Waals surface area contributed by atoms with E-state index in [0.717, 1.165) is 5.56 Å².